The lowest BCUT2D eigenvalue weighted by molar-refractivity contribution is -0.147. The van der Waals surface area contributed by atoms with E-state index in [1.165, 1.54) is 0 Å². The quantitative estimate of drug-likeness (QED) is 0.833. The molecule has 0 radical (unpaired) electrons. The predicted octanol–water partition coefficient (Wildman–Crippen LogP) is 1.77. The maximum atomic E-state index is 13.6. The molecule has 1 saturated heterocycles. The monoisotopic (exact) mass is 255 g/mol. The molecule has 5 heteroatoms. The van der Waals surface area contributed by atoms with Crippen molar-refractivity contribution in [3.8, 4) is 0 Å². The number of rotatable bonds is 4. The number of hydrogen-bond acceptors (Lipinski definition) is 3. The molecule has 0 unspecified atom stereocenters. The van der Waals surface area contributed by atoms with E-state index in [9.17, 15) is 13.6 Å². The largest absolute Gasteiger partial charge is 0.460 e. The molecule has 2 atom stereocenters. The lowest BCUT2D eigenvalue weighted by Crippen LogP contribution is -2.32. The number of ether oxygens (including phenoxy) is 1. The highest BCUT2D eigenvalue weighted by Gasteiger charge is 2.43. The maximum Gasteiger partial charge on any atom is 0.323 e. The van der Waals surface area contributed by atoms with E-state index >= 15 is 0 Å². The van der Waals surface area contributed by atoms with Crippen molar-refractivity contribution in [2.24, 2.45) is 0 Å². The van der Waals surface area contributed by atoms with Gasteiger partial charge in [0.1, 0.15) is 19.3 Å². The zero-order valence-electron chi connectivity index (χ0n) is 9.86. The summed E-state index contributed by atoms with van der Waals surface area (Å²) in [7, 11) is 0. The van der Waals surface area contributed by atoms with Crippen LogP contribution < -0.4 is 5.32 Å². The SMILES string of the molecule is O=C(OCc1ccccc1)[C@@H]1C[C@](F)(CF)CN1. The van der Waals surface area contributed by atoms with E-state index in [0.717, 1.165) is 5.56 Å². The summed E-state index contributed by atoms with van der Waals surface area (Å²) in [4.78, 5) is 11.6. The van der Waals surface area contributed by atoms with Gasteiger partial charge in [-0.15, -0.1) is 0 Å². The number of esters is 1. The van der Waals surface area contributed by atoms with Gasteiger partial charge in [0.25, 0.3) is 0 Å². The Hall–Kier alpha value is -1.49. The van der Waals surface area contributed by atoms with Gasteiger partial charge in [-0.3, -0.25) is 4.79 Å². The fraction of sp³-hybridized carbons (Fsp3) is 0.462. The molecule has 0 saturated carbocycles. The molecule has 0 amide bonds. The smallest absolute Gasteiger partial charge is 0.323 e. The van der Waals surface area contributed by atoms with Crippen molar-refractivity contribution in [1.29, 1.82) is 0 Å². The Labute approximate surface area is 104 Å². The van der Waals surface area contributed by atoms with Crippen molar-refractivity contribution in [2.45, 2.75) is 24.7 Å². The summed E-state index contributed by atoms with van der Waals surface area (Å²) in [5.74, 6) is -0.535. The van der Waals surface area contributed by atoms with Gasteiger partial charge in [-0.05, 0) is 5.56 Å². The van der Waals surface area contributed by atoms with Crippen LogP contribution in [0.4, 0.5) is 8.78 Å². The van der Waals surface area contributed by atoms with Crippen LogP contribution in [0.15, 0.2) is 30.3 Å². The van der Waals surface area contributed by atoms with Gasteiger partial charge >= 0.3 is 5.97 Å². The van der Waals surface area contributed by atoms with Gasteiger partial charge in [-0.1, -0.05) is 30.3 Å². The zero-order valence-corrected chi connectivity index (χ0v) is 9.86. The minimum absolute atomic E-state index is 0.144. The molecule has 0 spiro atoms. The third-order valence-corrected chi connectivity index (χ3v) is 2.98. The molecule has 1 fully saturated rings. The van der Waals surface area contributed by atoms with Gasteiger partial charge in [-0.25, -0.2) is 8.78 Å². The molecule has 2 rings (SSSR count). The van der Waals surface area contributed by atoms with E-state index in [0.29, 0.717) is 0 Å². The summed E-state index contributed by atoms with van der Waals surface area (Å²) in [6, 6.07) is 8.45. The normalized spacial score (nSPS) is 27.1. The predicted molar refractivity (Wildman–Crippen MR) is 62.5 cm³/mol. The minimum Gasteiger partial charge on any atom is -0.460 e. The molecule has 3 nitrogen and oxygen atoms in total. The fourth-order valence-electron chi connectivity index (χ4n) is 1.91. The molecule has 1 aliphatic rings. The van der Waals surface area contributed by atoms with Crippen LogP contribution in [0.25, 0.3) is 0 Å². The molecular formula is C13H15F2NO2. The maximum absolute atomic E-state index is 13.6. The topological polar surface area (TPSA) is 38.3 Å². The Balaban J connectivity index is 1.83. The average Bonchev–Trinajstić information content (AvgIpc) is 2.81. The molecule has 1 N–H and O–H groups in total. The second kappa shape index (κ2) is 5.44. The van der Waals surface area contributed by atoms with Crippen LogP contribution >= 0.6 is 0 Å². The van der Waals surface area contributed by atoms with E-state index in [1.54, 1.807) is 0 Å². The highest BCUT2D eigenvalue weighted by atomic mass is 19.2. The molecule has 98 valence electrons. The molecule has 0 bridgehead atoms. The van der Waals surface area contributed by atoms with Crippen LogP contribution in [-0.4, -0.2) is 30.9 Å². The zero-order chi connectivity index (χ0) is 13.0. The second-order valence-corrected chi connectivity index (χ2v) is 4.52. The molecule has 1 aliphatic heterocycles. The van der Waals surface area contributed by atoms with Gasteiger partial charge in [-0.2, -0.15) is 0 Å². The first-order valence-corrected chi connectivity index (χ1v) is 5.82. The van der Waals surface area contributed by atoms with E-state index < -0.39 is 24.4 Å². The lowest BCUT2D eigenvalue weighted by atomic mass is 10.0. The number of hydrogen-bond donors (Lipinski definition) is 1. The minimum atomic E-state index is -1.93. The highest BCUT2D eigenvalue weighted by molar-refractivity contribution is 5.76. The van der Waals surface area contributed by atoms with Gasteiger partial charge in [0, 0.05) is 13.0 Å². The van der Waals surface area contributed by atoms with Crippen molar-refractivity contribution >= 4 is 5.97 Å². The summed E-state index contributed by atoms with van der Waals surface area (Å²) >= 11 is 0. The van der Waals surface area contributed by atoms with Gasteiger partial charge in [0.2, 0.25) is 0 Å². The Morgan fingerprint density at radius 3 is 2.78 bits per heavy atom. The van der Waals surface area contributed by atoms with Gasteiger partial charge < -0.3 is 10.1 Å². The third kappa shape index (κ3) is 3.04. The Morgan fingerprint density at radius 2 is 2.17 bits per heavy atom. The van der Waals surface area contributed by atoms with Gasteiger partial charge in [0.15, 0.2) is 5.67 Å². The molecule has 0 aliphatic carbocycles. The molecule has 0 aromatic heterocycles. The van der Waals surface area contributed by atoms with Crippen LogP contribution in [0.1, 0.15) is 12.0 Å². The summed E-state index contributed by atoms with van der Waals surface area (Å²) in [6.07, 6.45) is -0.170. The number of carbonyl (C=O) groups is 1. The second-order valence-electron chi connectivity index (χ2n) is 4.52. The molecule has 1 aromatic rings. The highest BCUT2D eigenvalue weighted by Crippen LogP contribution is 2.25. The van der Waals surface area contributed by atoms with Crippen LogP contribution in [0.5, 0.6) is 0 Å². The summed E-state index contributed by atoms with van der Waals surface area (Å²) in [5, 5.41) is 2.64. The number of nitrogens with one attached hydrogen (secondary N) is 1. The number of halogens is 2. The van der Waals surface area contributed by atoms with E-state index in [1.807, 2.05) is 30.3 Å². The fourth-order valence-corrected chi connectivity index (χ4v) is 1.91. The van der Waals surface area contributed by atoms with Crippen molar-refractivity contribution in [3.63, 3.8) is 0 Å². The number of benzene rings is 1. The van der Waals surface area contributed by atoms with Crippen LogP contribution in [0.2, 0.25) is 0 Å². The van der Waals surface area contributed by atoms with Crippen LogP contribution in [-0.2, 0) is 16.1 Å². The molecular weight excluding hydrogens is 240 g/mol. The third-order valence-electron chi connectivity index (χ3n) is 2.98. The Bertz CT molecular complexity index is 413. The Morgan fingerprint density at radius 1 is 1.44 bits per heavy atom. The van der Waals surface area contributed by atoms with Crippen molar-refractivity contribution in [2.75, 3.05) is 13.2 Å². The van der Waals surface area contributed by atoms with E-state index in [-0.39, 0.29) is 19.6 Å². The first kappa shape index (κ1) is 13.0. The summed E-state index contributed by atoms with van der Waals surface area (Å²) < 4.78 is 31.0. The van der Waals surface area contributed by atoms with Crippen LogP contribution in [0.3, 0.4) is 0 Å². The summed E-state index contributed by atoms with van der Waals surface area (Å²) in [5.41, 5.74) is -1.07. The van der Waals surface area contributed by atoms with Crippen LogP contribution in [0, 0.1) is 0 Å². The van der Waals surface area contributed by atoms with E-state index in [2.05, 4.69) is 5.32 Å². The molecule has 1 aromatic carbocycles. The van der Waals surface area contributed by atoms with Crippen molar-refractivity contribution in [3.05, 3.63) is 35.9 Å². The average molecular weight is 255 g/mol. The first-order valence-electron chi connectivity index (χ1n) is 5.82. The number of alkyl halides is 2. The summed E-state index contributed by atoms with van der Waals surface area (Å²) in [6.45, 7) is -1.08. The van der Waals surface area contributed by atoms with Crippen molar-refractivity contribution in [1.82, 2.24) is 5.32 Å². The first-order chi connectivity index (χ1) is 8.63. The number of carbonyl (C=O) groups excluding carboxylic acids is 1. The molecule has 1 heterocycles. The standard InChI is InChI=1S/C13H15F2NO2/c14-8-13(15)6-11(16-9-13)12(17)18-7-10-4-2-1-3-5-10/h1-5,11,16H,6-9H2/t11-,13-/m0/s1. The van der Waals surface area contributed by atoms with Crippen molar-refractivity contribution < 1.29 is 18.3 Å². The van der Waals surface area contributed by atoms with Gasteiger partial charge in [0.05, 0.1) is 0 Å². The lowest BCUT2D eigenvalue weighted by Gasteiger charge is -2.13. The Kier molecular flexibility index (Phi) is 3.91. The van der Waals surface area contributed by atoms with E-state index in [4.69, 9.17) is 4.74 Å². The molecule has 18 heavy (non-hydrogen) atoms.